The molecule has 1 amide bonds. The summed E-state index contributed by atoms with van der Waals surface area (Å²) >= 11 is 1.61. The lowest BCUT2D eigenvalue weighted by molar-refractivity contribution is -0.132. The van der Waals surface area contributed by atoms with Gasteiger partial charge in [-0.3, -0.25) is 4.79 Å². The molecule has 0 saturated carbocycles. The summed E-state index contributed by atoms with van der Waals surface area (Å²) in [6.45, 7) is 1.08. The zero-order valence-corrected chi connectivity index (χ0v) is 18.7. The van der Waals surface area contributed by atoms with E-state index in [0.717, 1.165) is 27.4 Å². The summed E-state index contributed by atoms with van der Waals surface area (Å²) in [6.07, 6.45) is 0.968. The maximum atomic E-state index is 13.1. The van der Waals surface area contributed by atoms with Gasteiger partial charge in [-0.05, 0) is 34.7 Å². The molecule has 5 nitrogen and oxygen atoms in total. The molecule has 0 N–H and O–H groups in total. The van der Waals surface area contributed by atoms with E-state index in [1.54, 1.807) is 11.3 Å². The molecule has 0 fully saturated rings. The normalized spacial score (nSPS) is 15.3. The van der Waals surface area contributed by atoms with Crippen LogP contribution in [0.4, 0.5) is 5.69 Å². The van der Waals surface area contributed by atoms with Crippen molar-refractivity contribution in [1.82, 2.24) is 4.90 Å². The van der Waals surface area contributed by atoms with Gasteiger partial charge in [-0.2, -0.15) is 0 Å². The Labute approximate surface area is 187 Å². The van der Waals surface area contributed by atoms with Gasteiger partial charge in [0.2, 0.25) is 5.91 Å². The van der Waals surface area contributed by atoms with Crippen LogP contribution in [0.5, 0.6) is 0 Å². The van der Waals surface area contributed by atoms with Gasteiger partial charge >= 0.3 is 0 Å². The van der Waals surface area contributed by atoms with E-state index in [9.17, 15) is 4.79 Å². The van der Waals surface area contributed by atoms with Crippen LogP contribution >= 0.6 is 11.3 Å². The first-order chi connectivity index (χ1) is 15.1. The summed E-state index contributed by atoms with van der Waals surface area (Å²) in [5.74, 6) is 0.110. The fraction of sp³-hybridized carbons (Fsp3) is 0.280. The first-order valence-electron chi connectivity index (χ1n) is 10.4. The quantitative estimate of drug-likeness (QED) is 0.522. The number of amides is 1. The zero-order chi connectivity index (χ0) is 21.6. The van der Waals surface area contributed by atoms with Crippen molar-refractivity contribution in [3.8, 4) is 0 Å². The predicted molar refractivity (Wildman–Crippen MR) is 127 cm³/mol. The summed E-state index contributed by atoms with van der Waals surface area (Å²) in [5.41, 5.74) is 4.25. The minimum absolute atomic E-state index is 0.110. The van der Waals surface area contributed by atoms with E-state index in [4.69, 9.17) is 4.84 Å². The molecule has 1 aromatic heterocycles. The van der Waals surface area contributed by atoms with Crippen molar-refractivity contribution in [3.63, 3.8) is 0 Å². The van der Waals surface area contributed by atoms with Gasteiger partial charge in [-0.1, -0.05) is 53.7 Å². The SMILES string of the molecule is CN(C)c1ccc(C2=NOC(CN(Cc3ccccc3)C(=O)Cc3cccs3)C2)cc1. The van der Waals surface area contributed by atoms with E-state index in [1.807, 2.05) is 54.7 Å². The molecule has 0 saturated heterocycles. The second-order valence-corrected chi connectivity index (χ2v) is 8.96. The van der Waals surface area contributed by atoms with E-state index >= 15 is 0 Å². The molecule has 0 bridgehead atoms. The second-order valence-electron chi connectivity index (χ2n) is 7.93. The van der Waals surface area contributed by atoms with Crippen molar-refractivity contribution in [2.45, 2.75) is 25.5 Å². The number of carbonyl (C=O) groups excluding carboxylic acids is 1. The lowest BCUT2D eigenvalue weighted by Crippen LogP contribution is -2.38. The molecule has 4 rings (SSSR count). The largest absolute Gasteiger partial charge is 0.390 e. The Morgan fingerprint density at radius 2 is 1.84 bits per heavy atom. The fourth-order valence-corrected chi connectivity index (χ4v) is 4.32. The van der Waals surface area contributed by atoms with Crippen LogP contribution in [0.3, 0.4) is 0 Å². The van der Waals surface area contributed by atoms with E-state index in [1.165, 1.54) is 0 Å². The number of thiophene rings is 1. The molecular formula is C25H27N3O2S. The van der Waals surface area contributed by atoms with Gasteiger partial charge in [0.05, 0.1) is 18.7 Å². The Hall–Kier alpha value is -3.12. The van der Waals surface area contributed by atoms with Crippen LogP contribution in [-0.2, 0) is 22.6 Å². The lowest BCUT2D eigenvalue weighted by Gasteiger charge is -2.25. The molecule has 3 aromatic rings. The first kappa shape index (κ1) is 21.1. The van der Waals surface area contributed by atoms with Crippen molar-refractivity contribution in [2.24, 2.45) is 5.16 Å². The van der Waals surface area contributed by atoms with Gasteiger partial charge in [0.25, 0.3) is 0 Å². The molecule has 6 heteroatoms. The second kappa shape index (κ2) is 9.79. The highest BCUT2D eigenvalue weighted by atomic mass is 32.1. The molecular weight excluding hydrogens is 406 g/mol. The Bertz CT molecular complexity index is 1010. The third kappa shape index (κ3) is 5.52. The molecule has 0 radical (unpaired) electrons. The number of oxime groups is 1. The van der Waals surface area contributed by atoms with Gasteiger partial charge in [0, 0.05) is 37.6 Å². The van der Waals surface area contributed by atoms with Crippen molar-refractivity contribution in [2.75, 3.05) is 25.5 Å². The molecule has 1 aliphatic heterocycles. The minimum atomic E-state index is -0.139. The maximum Gasteiger partial charge on any atom is 0.228 e. The lowest BCUT2D eigenvalue weighted by atomic mass is 10.0. The van der Waals surface area contributed by atoms with E-state index in [0.29, 0.717) is 25.9 Å². The highest BCUT2D eigenvalue weighted by Crippen LogP contribution is 2.21. The number of nitrogens with zero attached hydrogens (tertiary/aromatic N) is 3. The Morgan fingerprint density at radius 1 is 1.06 bits per heavy atom. The summed E-state index contributed by atoms with van der Waals surface area (Å²) in [4.78, 5) is 23.9. The number of hydrogen-bond donors (Lipinski definition) is 0. The fourth-order valence-electron chi connectivity index (χ4n) is 3.63. The number of anilines is 1. The third-order valence-corrected chi connectivity index (χ3v) is 6.22. The number of rotatable bonds is 8. The molecule has 31 heavy (non-hydrogen) atoms. The predicted octanol–water partition coefficient (Wildman–Crippen LogP) is 4.58. The molecule has 1 atom stereocenters. The van der Waals surface area contributed by atoms with Gasteiger partial charge in [-0.15, -0.1) is 11.3 Å². The van der Waals surface area contributed by atoms with Crippen molar-refractivity contribution in [3.05, 3.63) is 88.1 Å². The number of carbonyl (C=O) groups is 1. The van der Waals surface area contributed by atoms with E-state index < -0.39 is 0 Å². The topological polar surface area (TPSA) is 45.1 Å². The highest BCUT2D eigenvalue weighted by molar-refractivity contribution is 7.10. The number of benzene rings is 2. The Kier molecular flexibility index (Phi) is 6.67. The Morgan fingerprint density at radius 3 is 2.52 bits per heavy atom. The van der Waals surface area contributed by atoms with Crippen LogP contribution in [0.1, 0.15) is 22.4 Å². The zero-order valence-electron chi connectivity index (χ0n) is 17.9. The molecule has 1 aliphatic rings. The van der Waals surface area contributed by atoms with Crippen LogP contribution in [-0.4, -0.2) is 43.3 Å². The monoisotopic (exact) mass is 433 g/mol. The Balaban J connectivity index is 1.42. The molecule has 1 unspecified atom stereocenters. The molecule has 2 aromatic carbocycles. The average Bonchev–Trinajstić information content (AvgIpc) is 3.46. The van der Waals surface area contributed by atoms with Crippen LogP contribution in [0, 0.1) is 0 Å². The van der Waals surface area contributed by atoms with Crippen LogP contribution in [0.2, 0.25) is 0 Å². The van der Waals surface area contributed by atoms with Gasteiger partial charge < -0.3 is 14.6 Å². The van der Waals surface area contributed by atoms with Gasteiger partial charge in [-0.25, -0.2) is 0 Å². The molecule has 0 spiro atoms. The maximum absolute atomic E-state index is 13.1. The standard InChI is InChI=1S/C25H27N3O2S/c1-27(2)21-12-10-20(11-13-21)24-15-22(30-26-24)18-28(17-19-7-4-3-5-8-19)25(29)16-23-9-6-14-31-23/h3-14,22H,15-18H2,1-2H3. The van der Waals surface area contributed by atoms with Crippen LogP contribution in [0.15, 0.2) is 77.3 Å². The van der Waals surface area contributed by atoms with Crippen LogP contribution < -0.4 is 4.90 Å². The minimum Gasteiger partial charge on any atom is -0.390 e. The van der Waals surface area contributed by atoms with Crippen molar-refractivity contribution in [1.29, 1.82) is 0 Å². The molecule has 160 valence electrons. The highest BCUT2D eigenvalue weighted by Gasteiger charge is 2.27. The van der Waals surface area contributed by atoms with Gasteiger partial charge in [0.1, 0.15) is 0 Å². The molecule has 0 aliphatic carbocycles. The summed E-state index contributed by atoms with van der Waals surface area (Å²) < 4.78 is 0. The number of hydrogen-bond acceptors (Lipinski definition) is 5. The average molecular weight is 434 g/mol. The van der Waals surface area contributed by atoms with Crippen molar-refractivity contribution < 1.29 is 9.63 Å². The van der Waals surface area contributed by atoms with E-state index in [2.05, 4.69) is 46.5 Å². The van der Waals surface area contributed by atoms with Gasteiger partial charge in [0.15, 0.2) is 6.10 Å². The summed E-state index contributed by atoms with van der Waals surface area (Å²) in [7, 11) is 4.05. The smallest absolute Gasteiger partial charge is 0.228 e. The third-order valence-electron chi connectivity index (χ3n) is 5.35. The summed E-state index contributed by atoms with van der Waals surface area (Å²) in [5, 5.41) is 6.33. The van der Waals surface area contributed by atoms with Crippen LogP contribution in [0.25, 0.3) is 0 Å². The first-order valence-corrected chi connectivity index (χ1v) is 11.3. The van der Waals surface area contributed by atoms with E-state index in [-0.39, 0.29) is 12.0 Å². The molecule has 2 heterocycles. The van der Waals surface area contributed by atoms with Crippen molar-refractivity contribution >= 4 is 28.6 Å². The summed E-state index contributed by atoms with van der Waals surface area (Å²) in [6, 6.07) is 22.4.